The van der Waals surface area contributed by atoms with Gasteiger partial charge in [0.05, 0.1) is 0 Å². The third kappa shape index (κ3) is 4.20. The second kappa shape index (κ2) is 5.33. The van der Waals surface area contributed by atoms with E-state index in [0.29, 0.717) is 18.7 Å². The Balaban J connectivity index is 3.09. The number of halogens is 3. The average Bonchev–Trinajstić information content (AvgIpc) is 2.15. The van der Waals surface area contributed by atoms with Gasteiger partial charge in [0.15, 0.2) is 0 Å². The first-order valence-corrected chi connectivity index (χ1v) is 5.52. The largest absolute Gasteiger partial charge is 0.451 e. The summed E-state index contributed by atoms with van der Waals surface area (Å²) in [5.74, 6) is -0.600. The summed E-state index contributed by atoms with van der Waals surface area (Å²) >= 11 is 0. The zero-order valence-electron chi connectivity index (χ0n) is 10.1. The molecule has 0 radical (unpaired) electrons. The molecule has 0 aromatic carbocycles. The minimum Gasteiger partial charge on any atom is -0.370 e. The molecule has 1 aromatic rings. The molecule has 6 heteroatoms. The lowest BCUT2D eigenvalue weighted by Gasteiger charge is -2.11. The van der Waals surface area contributed by atoms with E-state index in [1.165, 1.54) is 0 Å². The van der Waals surface area contributed by atoms with E-state index in [4.69, 9.17) is 0 Å². The van der Waals surface area contributed by atoms with Gasteiger partial charge in [-0.3, -0.25) is 0 Å². The number of nitrogens with zero attached hydrogens (tertiary/aromatic N) is 2. The number of rotatable bonds is 4. The molecule has 17 heavy (non-hydrogen) atoms. The topological polar surface area (TPSA) is 37.8 Å². The number of nitrogens with one attached hydrogen (secondary N) is 1. The van der Waals surface area contributed by atoms with Crippen LogP contribution >= 0.6 is 0 Å². The molecule has 3 nitrogen and oxygen atoms in total. The molecule has 0 amide bonds. The molecule has 0 bridgehead atoms. The molecule has 0 saturated heterocycles. The Morgan fingerprint density at radius 2 is 1.94 bits per heavy atom. The molecule has 0 aliphatic heterocycles. The van der Waals surface area contributed by atoms with Gasteiger partial charge in [0.2, 0.25) is 5.82 Å². The quantitative estimate of drug-likeness (QED) is 0.888. The smallest absolute Gasteiger partial charge is 0.370 e. The van der Waals surface area contributed by atoms with Crippen LogP contribution in [-0.4, -0.2) is 16.5 Å². The average molecular weight is 247 g/mol. The van der Waals surface area contributed by atoms with E-state index in [1.807, 2.05) is 13.8 Å². The second-order valence-corrected chi connectivity index (χ2v) is 4.19. The van der Waals surface area contributed by atoms with Crippen molar-refractivity contribution in [3.63, 3.8) is 0 Å². The Morgan fingerprint density at radius 3 is 2.41 bits per heavy atom. The summed E-state index contributed by atoms with van der Waals surface area (Å²) in [6.45, 7) is 6.19. The Labute approximate surface area is 98.5 Å². The normalized spacial score (nSPS) is 11.9. The molecule has 1 N–H and O–H groups in total. The standard InChI is InChI=1S/C11H16F3N3/c1-4-15-9-6-8(5-7(2)3)16-10(17-9)11(12,13)14/h6-7H,4-5H2,1-3H3,(H,15,16,17). The van der Waals surface area contributed by atoms with Gasteiger partial charge in [0.25, 0.3) is 0 Å². The Hall–Kier alpha value is -1.33. The molecule has 0 fully saturated rings. The Bertz CT molecular complexity index is 375. The minimum atomic E-state index is -4.50. The molecule has 0 aliphatic carbocycles. The van der Waals surface area contributed by atoms with Crippen molar-refractivity contribution in [1.29, 1.82) is 0 Å². The number of hydrogen-bond donors (Lipinski definition) is 1. The SMILES string of the molecule is CCNc1cc(CC(C)C)nc(C(F)(F)F)n1. The van der Waals surface area contributed by atoms with Crippen molar-refractivity contribution < 1.29 is 13.2 Å². The zero-order chi connectivity index (χ0) is 13.1. The maximum absolute atomic E-state index is 12.6. The first-order chi connectivity index (χ1) is 7.82. The predicted molar refractivity (Wildman–Crippen MR) is 59.7 cm³/mol. The van der Waals surface area contributed by atoms with Gasteiger partial charge in [-0.05, 0) is 19.3 Å². The fourth-order valence-corrected chi connectivity index (χ4v) is 1.42. The maximum Gasteiger partial charge on any atom is 0.451 e. The maximum atomic E-state index is 12.6. The van der Waals surface area contributed by atoms with Gasteiger partial charge >= 0.3 is 6.18 Å². The molecule has 0 unspecified atom stereocenters. The molecule has 0 saturated carbocycles. The van der Waals surface area contributed by atoms with E-state index in [1.54, 1.807) is 13.0 Å². The van der Waals surface area contributed by atoms with E-state index in [0.717, 1.165) is 0 Å². The second-order valence-electron chi connectivity index (χ2n) is 4.19. The summed E-state index contributed by atoms with van der Waals surface area (Å²) in [7, 11) is 0. The molecule has 1 aromatic heterocycles. The summed E-state index contributed by atoms with van der Waals surface area (Å²) in [6, 6.07) is 1.57. The van der Waals surface area contributed by atoms with Gasteiger partial charge in [-0.25, -0.2) is 9.97 Å². The minimum absolute atomic E-state index is 0.227. The Kier molecular flexibility index (Phi) is 4.31. The highest BCUT2D eigenvalue weighted by Crippen LogP contribution is 2.27. The molecule has 96 valence electrons. The first-order valence-electron chi connectivity index (χ1n) is 5.52. The lowest BCUT2D eigenvalue weighted by atomic mass is 10.1. The molecule has 0 atom stereocenters. The van der Waals surface area contributed by atoms with E-state index in [2.05, 4.69) is 15.3 Å². The first kappa shape index (κ1) is 13.7. The van der Waals surface area contributed by atoms with Crippen LogP contribution in [0, 0.1) is 5.92 Å². The van der Waals surface area contributed by atoms with Crippen molar-refractivity contribution in [2.45, 2.75) is 33.4 Å². The molecule has 1 rings (SSSR count). The van der Waals surface area contributed by atoms with Gasteiger partial charge in [-0.15, -0.1) is 0 Å². The highest BCUT2D eigenvalue weighted by molar-refractivity contribution is 5.36. The van der Waals surface area contributed by atoms with Gasteiger partial charge in [0.1, 0.15) is 5.82 Å². The fourth-order valence-electron chi connectivity index (χ4n) is 1.42. The van der Waals surface area contributed by atoms with Crippen LogP contribution in [0.3, 0.4) is 0 Å². The van der Waals surface area contributed by atoms with Crippen LogP contribution in [0.1, 0.15) is 32.3 Å². The highest BCUT2D eigenvalue weighted by Gasteiger charge is 2.35. The summed E-state index contributed by atoms with van der Waals surface area (Å²) < 4.78 is 37.7. The van der Waals surface area contributed by atoms with Gasteiger partial charge in [-0.1, -0.05) is 13.8 Å². The van der Waals surface area contributed by atoms with Gasteiger partial charge in [-0.2, -0.15) is 13.2 Å². The number of alkyl halides is 3. The number of aromatic nitrogens is 2. The van der Waals surface area contributed by atoms with Crippen molar-refractivity contribution >= 4 is 5.82 Å². The molecule has 1 heterocycles. The van der Waals surface area contributed by atoms with E-state index < -0.39 is 12.0 Å². The lowest BCUT2D eigenvalue weighted by molar-refractivity contribution is -0.145. The van der Waals surface area contributed by atoms with Crippen molar-refractivity contribution in [2.75, 3.05) is 11.9 Å². The van der Waals surface area contributed by atoms with Gasteiger partial charge < -0.3 is 5.32 Å². The fraction of sp³-hybridized carbons (Fsp3) is 0.636. The summed E-state index contributed by atoms with van der Waals surface area (Å²) in [5, 5.41) is 2.78. The van der Waals surface area contributed by atoms with Crippen LogP contribution in [-0.2, 0) is 12.6 Å². The predicted octanol–water partition coefficient (Wildman–Crippen LogP) is 3.13. The van der Waals surface area contributed by atoms with Crippen molar-refractivity contribution in [3.8, 4) is 0 Å². The summed E-state index contributed by atoms with van der Waals surface area (Å²) in [4.78, 5) is 7.01. The van der Waals surface area contributed by atoms with Crippen molar-refractivity contribution in [1.82, 2.24) is 9.97 Å². The van der Waals surface area contributed by atoms with Crippen LogP contribution < -0.4 is 5.32 Å². The van der Waals surface area contributed by atoms with Crippen molar-refractivity contribution in [2.24, 2.45) is 5.92 Å². The van der Waals surface area contributed by atoms with Crippen LogP contribution in [0.15, 0.2) is 6.07 Å². The van der Waals surface area contributed by atoms with Crippen LogP contribution in [0.2, 0.25) is 0 Å². The molecular formula is C11H16F3N3. The number of hydrogen-bond acceptors (Lipinski definition) is 3. The summed E-state index contributed by atoms with van der Waals surface area (Å²) in [5.41, 5.74) is 0.415. The van der Waals surface area contributed by atoms with Crippen LogP contribution in [0.4, 0.5) is 19.0 Å². The summed E-state index contributed by atoms with van der Waals surface area (Å²) in [6.07, 6.45) is -4.00. The molecular weight excluding hydrogens is 231 g/mol. The van der Waals surface area contributed by atoms with Crippen molar-refractivity contribution in [3.05, 3.63) is 17.6 Å². The molecule has 0 spiro atoms. The van der Waals surface area contributed by atoms with Gasteiger partial charge in [0, 0.05) is 18.3 Å². The van der Waals surface area contributed by atoms with E-state index in [9.17, 15) is 13.2 Å². The zero-order valence-corrected chi connectivity index (χ0v) is 10.1. The third-order valence-corrected chi connectivity index (χ3v) is 2.01. The third-order valence-electron chi connectivity index (χ3n) is 2.01. The van der Waals surface area contributed by atoms with Crippen LogP contribution in [0.25, 0.3) is 0 Å². The lowest BCUT2D eigenvalue weighted by Crippen LogP contribution is -2.15. The van der Waals surface area contributed by atoms with E-state index >= 15 is 0 Å². The highest BCUT2D eigenvalue weighted by atomic mass is 19.4. The number of anilines is 1. The molecule has 0 aliphatic rings. The van der Waals surface area contributed by atoms with Crippen LogP contribution in [0.5, 0.6) is 0 Å². The monoisotopic (exact) mass is 247 g/mol. The van der Waals surface area contributed by atoms with E-state index in [-0.39, 0.29) is 11.7 Å². The Morgan fingerprint density at radius 1 is 1.29 bits per heavy atom.